The lowest BCUT2D eigenvalue weighted by Gasteiger charge is -2.15. The second-order valence-corrected chi connectivity index (χ2v) is 12.5. The Balaban J connectivity index is 1.36. The molecule has 0 N–H and O–H groups in total. The van der Waals surface area contributed by atoms with Gasteiger partial charge in [0.15, 0.2) is 0 Å². The van der Waals surface area contributed by atoms with Gasteiger partial charge in [-0.1, -0.05) is 78.9 Å². The third-order valence-corrected chi connectivity index (χ3v) is 10.3. The Kier molecular flexibility index (Phi) is 5.66. The van der Waals surface area contributed by atoms with Crippen LogP contribution in [0.4, 0.5) is 0 Å². The largest absolute Gasteiger partial charge is 0.192 e. The van der Waals surface area contributed by atoms with E-state index in [1.54, 1.807) is 11.3 Å². The standard InChI is InChI=1S/C38H20N2S2/c39-21-23-12-17-36-34(18-23)30-16-14-25(20-37(30)41-36)24-13-15-28(33(19-24)27-7-2-1-6-26(27)22-40)31-9-5-10-32-29-8-3-4-11-35(29)42-38(31)32/h1-20H. The topological polar surface area (TPSA) is 47.6 Å². The minimum absolute atomic E-state index is 0.660. The molecule has 42 heavy (non-hydrogen) atoms. The number of hydrogen-bond acceptors (Lipinski definition) is 4. The molecule has 0 radical (unpaired) electrons. The summed E-state index contributed by atoms with van der Waals surface area (Å²) in [6.45, 7) is 0. The van der Waals surface area contributed by atoms with Gasteiger partial charge in [-0.3, -0.25) is 0 Å². The molecule has 0 amide bonds. The third kappa shape index (κ3) is 3.82. The lowest BCUT2D eigenvalue weighted by Crippen LogP contribution is -1.91. The van der Waals surface area contributed by atoms with Crippen molar-refractivity contribution in [1.29, 1.82) is 10.5 Å². The van der Waals surface area contributed by atoms with Gasteiger partial charge in [0.05, 0.1) is 23.3 Å². The maximum atomic E-state index is 10.1. The zero-order valence-corrected chi connectivity index (χ0v) is 23.9. The highest BCUT2D eigenvalue weighted by atomic mass is 32.1. The molecule has 4 heteroatoms. The highest BCUT2D eigenvalue weighted by Gasteiger charge is 2.17. The Labute approximate surface area is 250 Å². The van der Waals surface area contributed by atoms with Crippen molar-refractivity contribution in [1.82, 2.24) is 0 Å². The van der Waals surface area contributed by atoms with Gasteiger partial charge in [0.1, 0.15) is 0 Å². The predicted octanol–water partition coefficient (Wildman–Crippen LogP) is 11.2. The molecule has 0 saturated carbocycles. The zero-order chi connectivity index (χ0) is 28.2. The molecule has 0 saturated heterocycles. The molecular formula is C38H20N2S2. The summed E-state index contributed by atoms with van der Waals surface area (Å²) >= 11 is 3.57. The summed E-state index contributed by atoms with van der Waals surface area (Å²) < 4.78 is 4.90. The smallest absolute Gasteiger partial charge is 0.0998 e. The molecule has 0 aliphatic rings. The molecule has 6 aromatic carbocycles. The van der Waals surface area contributed by atoms with Gasteiger partial charge in [0.2, 0.25) is 0 Å². The van der Waals surface area contributed by atoms with Crippen LogP contribution in [0.3, 0.4) is 0 Å². The third-order valence-electron chi connectivity index (χ3n) is 7.99. The van der Waals surface area contributed by atoms with Crippen molar-refractivity contribution in [2.75, 3.05) is 0 Å². The van der Waals surface area contributed by atoms with Crippen LogP contribution in [0.25, 0.3) is 73.7 Å². The van der Waals surface area contributed by atoms with Gasteiger partial charge in [-0.2, -0.15) is 10.5 Å². The van der Waals surface area contributed by atoms with Gasteiger partial charge in [-0.15, -0.1) is 22.7 Å². The summed E-state index contributed by atoms with van der Waals surface area (Å²) in [5.41, 5.74) is 7.83. The number of benzene rings is 6. The fourth-order valence-electron chi connectivity index (χ4n) is 5.98. The van der Waals surface area contributed by atoms with Gasteiger partial charge in [-0.25, -0.2) is 0 Å². The van der Waals surface area contributed by atoms with E-state index >= 15 is 0 Å². The Morgan fingerprint density at radius 2 is 1.17 bits per heavy atom. The maximum Gasteiger partial charge on any atom is 0.0998 e. The van der Waals surface area contributed by atoms with Crippen molar-refractivity contribution in [3.8, 4) is 45.5 Å². The van der Waals surface area contributed by atoms with Crippen molar-refractivity contribution < 1.29 is 0 Å². The summed E-state index contributed by atoms with van der Waals surface area (Å²) in [4.78, 5) is 0. The molecule has 8 rings (SSSR count). The average molecular weight is 569 g/mol. The monoisotopic (exact) mass is 568 g/mol. The van der Waals surface area contributed by atoms with E-state index in [0.717, 1.165) is 33.2 Å². The molecule has 194 valence electrons. The van der Waals surface area contributed by atoms with Gasteiger partial charge < -0.3 is 0 Å². The molecule has 0 fully saturated rings. The fourth-order valence-corrected chi connectivity index (χ4v) is 8.34. The highest BCUT2D eigenvalue weighted by molar-refractivity contribution is 7.26. The van der Waals surface area contributed by atoms with Crippen molar-refractivity contribution in [2.45, 2.75) is 0 Å². The van der Waals surface area contributed by atoms with Gasteiger partial charge in [0.25, 0.3) is 0 Å². The first-order valence-electron chi connectivity index (χ1n) is 13.6. The number of nitriles is 2. The van der Waals surface area contributed by atoms with E-state index in [-0.39, 0.29) is 0 Å². The van der Waals surface area contributed by atoms with Crippen LogP contribution in [0.5, 0.6) is 0 Å². The number of hydrogen-bond donors (Lipinski definition) is 0. The van der Waals surface area contributed by atoms with Crippen LogP contribution in [0.15, 0.2) is 121 Å². The summed E-state index contributed by atoms with van der Waals surface area (Å²) in [7, 11) is 0. The van der Waals surface area contributed by atoms with Crippen LogP contribution in [0.2, 0.25) is 0 Å². The minimum Gasteiger partial charge on any atom is -0.192 e. The van der Waals surface area contributed by atoms with Crippen molar-refractivity contribution in [3.63, 3.8) is 0 Å². The van der Waals surface area contributed by atoms with Gasteiger partial charge >= 0.3 is 0 Å². The van der Waals surface area contributed by atoms with E-state index in [0.29, 0.717) is 11.1 Å². The molecule has 0 atom stereocenters. The Morgan fingerprint density at radius 1 is 0.429 bits per heavy atom. The minimum atomic E-state index is 0.660. The van der Waals surface area contributed by atoms with Crippen molar-refractivity contribution in [3.05, 3.63) is 132 Å². The van der Waals surface area contributed by atoms with E-state index < -0.39 is 0 Å². The molecule has 2 heterocycles. The molecule has 2 nitrogen and oxygen atoms in total. The van der Waals surface area contributed by atoms with Gasteiger partial charge in [-0.05, 0) is 64.7 Å². The van der Waals surface area contributed by atoms with E-state index in [2.05, 4.69) is 91.0 Å². The first kappa shape index (κ1) is 24.5. The second-order valence-electron chi connectivity index (χ2n) is 10.3. The second kappa shape index (κ2) is 9.68. The van der Waals surface area contributed by atoms with Crippen molar-refractivity contribution in [2.24, 2.45) is 0 Å². The number of thiophene rings is 2. The SMILES string of the molecule is N#Cc1ccc2sc3cc(-c4ccc(-c5cccc6c5sc5ccccc56)c(-c5ccccc5C#N)c4)ccc3c2c1. The zero-order valence-electron chi connectivity index (χ0n) is 22.3. The molecule has 0 unspecified atom stereocenters. The van der Waals surface area contributed by atoms with Gasteiger partial charge in [0, 0.05) is 51.5 Å². The molecule has 2 aromatic heterocycles. The van der Waals surface area contributed by atoms with Crippen LogP contribution in [-0.4, -0.2) is 0 Å². The van der Waals surface area contributed by atoms with E-state index in [4.69, 9.17) is 0 Å². The average Bonchev–Trinajstić information content (AvgIpc) is 3.62. The molecule has 0 spiro atoms. The van der Waals surface area contributed by atoms with E-state index in [1.807, 2.05) is 53.8 Å². The first-order valence-corrected chi connectivity index (χ1v) is 15.3. The lowest BCUT2D eigenvalue weighted by molar-refractivity contribution is 1.48. The van der Waals surface area contributed by atoms with Crippen LogP contribution >= 0.6 is 22.7 Å². The maximum absolute atomic E-state index is 10.1. The molecule has 0 aliphatic carbocycles. The fraction of sp³-hybridized carbons (Fsp3) is 0. The summed E-state index contributed by atoms with van der Waals surface area (Å²) in [5.74, 6) is 0. The Morgan fingerprint density at radius 3 is 2.07 bits per heavy atom. The first-order chi connectivity index (χ1) is 20.7. The van der Waals surface area contributed by atoms with Crippen LogP contribution < -0.4 is 0 Å². The summed E-state index contributed by atoms with van der Waals surface area (Å²) in [6, 6.07) is 46.8. The molecule has 8 aromatic rings. The van der Waals surface area contributed by atoms with Crippen LogP contribution in [0, 0.1) is 22.7 Å². The highest BCUT2D eigenvalue weighted by Crippen LogP contribution is 2.45. The van der Waals surface area contributed by atoms with Crippen LogP contribution in [-0.2, 0) is 0 Å². The van der Waals surface area contributed by atoms with Crippen LogP contribution in [0.1, 0.15) is 11.1 Å². The van der Waals surface area contributed by atoms with E-state index in [9.17, 15) is 10.5 Å². The lowest BCUT2D eigenvalue weighted by atomic mass is 9.88. The predicted molar refractivity (Wildman–Crippen MR) is 178 cm³/mol. The molecular weight excluding hydrogens is 549 g/mol. The molecule has 0 aliphatic heterocycles. The Bertz CT molecular complexity index is 2450. The Hall–Kier alpha value is -5.26. The summed E-state index contributed by atoms with van der Waals surface area (Å²) in [5, 5.41) is 24.3. The van der Waals surface area contributed by atoms with Crippen molar-refractivity contribution >= 4 is 63.0 Å². The quantitative estimate of drug-likeness (QED) is 0.213. The number of fused-ring (bicyclic) bond motifs is 6. The summed E-state index contributed by atoms with van der Waals surface area (Å²) in [6.07, 6.45) is 0. The normalized spacial score (nSPS) is 11.3. The molecule has 0 bridgehead atoms. The number of rotatable bonds is 3. The van der Waals surface area contributed by atoms with E-state index in [1.165, 1.54) is 40.5 Å². The number of nitrogens with zero attached hydrogens (tertiary/aromatic N) is 2.